The molecule has 2 nitrogen and oxygen atoms in total. The van der Waals surface area contributed by atoms with Gasteiger partial charge in [-0.3, -0.25) is 4.79 Å². The van der Waals surface area contributed by atoms with E-state index in [0.29, 0.717) is 16.4 Å². The van der Waals surface area contributed by atoms with Crippen molar-refractivity contribution in [2.75, 3.05) is 0 Å². The highest BCUT2D eigenvalue weighted by Crippen LogP contribution is 2.13. The van der Waals surface area contributed by atoms with Gasteiger partial charge in [0.25, 0.3) is 0 Å². The fraction of sp³-hybridized carbons (Fsp3) is 0.250. The Labute approximate surface area is 70.2 Å². The molecule has 0 saturated heterocycles. The van der Waals surface area contributed by atoms with Gasteiger partial charge in [-0.05, 0) is 25.5 Å². The quantitative estimate of drug-likeness (QED) is 0.477. The highest BCUT2D eigenvalue weighted by molar-refractivity contribution is 6.29. The number of aryl methyl sites for hydroxylation is 2. The average Bonchev–Trinajstić information content (AvgIpc) is 1.85. The van der Waals surface area contributed by atoms with Crippen LogP contribution in [0, 0.1) is 13.8 Å². The Balaban J connectivity index is 3.36. The van der Waals surface area contributed by atoms with Crippen molar-refractivity contribution in [3.8, 4) is 0 Å². The second-order valence-corrected chi connectivity index (χ2v) is 2.77. The van der Waals surface area contributed by atoms with Crippen molar-refractivity contribution in [1.29, 1.82) is 0 Å². The van der Waals surface area contributed by atoms with E-state index in [1.54, 1.807) is 13.0 Å². The van der Waals surface area contributed by atoms with Gasteiger partial charge in [0.05, 0.1) is 0 Å². The normalized spacial score (nSPS) is 9.73. The molecule has 1 aromatic rings. The largest absolute Gasteiger partial charge is 0.298 e. The lowest BCUT2D eigenvalue weighted by Gasteiger charge is -2.01. The molecule has 1 aromatic heterocycles. The molecule has 0 N–H and O–H groups in total. The number of carbonyl (C=O) groups excluding carboxylic acids is 1. The second-order valence-electron chi connectivity index (χ2n) is 2.38. The van der Waals surface area contributed by atoms with E-state index in [4.69, 9.17) is 11.6 Å². The number of aromatic nitrogens is 1. The lowest BCUT2D eigenvalue weighted by molar-refractivity contribution is 0.112. The van der Waals surface area contributed by atoms with Crippen molar-refractivity contribution in [1.82, 2.24) is 4.98 Å². The first-order valence-corrected chi connectivity index (χ1v) is 3.62. The van der Waals surface area contributed by atoms with Crippen LogP contribution in [0.1, 0.15) is 21.6 Å². The van der Waals surface area contributed by atoms with Crippen LogP contribution in [-0.4, -0.2) is 11.3 Å². The summed E-state index contributed by atoms with van der Waals surface area (Å²) < 4.78 is 0. The Morgan fingerprint density at radius 1 is 1.55 bits per heavy atom. The molecule has 0 unspecified atom stereocenters. The molecule has 0 amide bonds. The fourth-order valence-corrected chi connectivity index (χ4v) is 1.26. The zero-order valence-corrected chi connectivity index (χ0v) is 7.14. The van der Waals surface area contributed by atoms with Crippen LogP contribution in [0.5, 0.6) is 0 Å². The number of hydrogen-bond donors (Lipinski definition) is 0. The summed E-state index contributed by atoms with van der Waals surface area (Å²) >= 11 is 5.65. The number of pyridine rings is 1. The molecule has 0 bridgehead atoms. The molecule has 0 spiro atoms. The Morgan fingerprint density at radius 2 is 2.18 bits per heavy atom. The summed E-state index contributed by atoms with van der Waals surface area (Å²) in [4.78, 5) is 14.4. The molecule has 0 fully saturated rings. The van der Waals surface area contributed by atoms with Gasteiger partial charge in [0, 0.05) is 11.3 Å². The summed E-state index contributed by atoms with van der Waals surface area (Å²) in [5.74, 6) is 0. The summed E-state index contributed by atoms with van der Waals surface area (Å²) in [5, 5.41) is 0.436. The number of halogens is 1. The number of carbonyl (C=O) groups is 1. The van der Waals surface area contributed by atoms with Crippen LogP contribution >= 0.6 is 11.6 Å². The van der Waals surface area contributed by atoms with Crippen LogP contribution in [0.2, 0.25) is 5.15 Å². The summed E-state index contributed by atoms with van der Waals surface area (Å²) in [6, 6.07) is 1.68. The minimum Gasteiger partial charge on any atom is -0.298 e. The SMILES string of the molecule is Cc1cc(Cl)nc(C)c1C=O. The predicted octanol–water partition coefficient (Wildman–Crippen LogP) is 2.16. The molecule has 0 aliphatic rings. The van der Waals surface area contributed by atoms with Crippen molar-refractivity contribution in [3.63, 3.8) is 0 Å². The second kappa shape index (κ2) is 3.01. The topological polar surface area (TPSA) is 30.0 Å². The maximum Gasteiger partial charge on any atom is 0.152 e. The van der Waals surface area contributed by atoms with E-state index >= 15 is 0 Å². The zero-order chi connectivity index (χ0) is 8.43. The maximum atomic E-state index is 10.5. The monoisotopic (exact) mass is 169 g/mol. The van der Waals surface area contributed by atoms with Gasteiger partial charge >= 0.3 is 0 Å². The van der Waals surface area contributed by atoms with Gasteiger partial charge in [0.1, 0.15) is 5.15 Å². The van der Waals surface area contributed by atoms with Crippen LogP contribution < -0.4 is 0 Å². The molecular formula is C8H8ClNO. The van der Waals surface area contributed by atoms with Gasteiger partial charge in [-0.15, -0.1) is 0 Å². The third-order valence-corrected chi connectivity index (χ3v) is 1.74. The van der Waals surface area contributed by atoms with Crippen molar-refractivity contribution in [2.24, 2.45) is 0 Å². The number of aldehydes is 1. The molecule has 3 heteroatoms. The average molecular weight is 170 g/mol. The molecule has 0 saturated carbocycles. The van der Waals surface area contributed by atoms with E-state index in [1.807, 2.05) is 6.92 Å². The number of nitrogens with zero attached hydrogens (tertiary/aromatic N) is 1. The molecule has 0 radical (unpaired) electrons. The number of hydrogen-bond acceptors (Lipinski definition) is 2. The smallest absolute Gasteiger partial charge is 0.152 e. The van der Waals surface area contributed by atoms with Crippen molar-refractivity contribution in [2.45, 2.75) is 13.8 Å². The molecule has 11 heavy (non-hydrogen) atoms. The molecule has 0 aliphatic carbocycles. The lowest BCUT2D eigenvalue weighted by atomic mass is 10.1. The molecule has 0 atom stereocenters. The fourth-order valence-electron chi connectivity index (χ4n) is 0.973. The van der Waals surface area contributed by atoms with Crippen LogP contribution in [0.25, 0.3) is 0 Å². The molecule has 1 heterocycles. The van der Waals surface area contributed by atoms with Crippen molar-refractivity contribution < 1.29 is 4.79 Å². The van der Waals surface area contributed by atoms with Gasteiger partial charge in [-0.1, -0.05) is 11.6 Å². The number of rotatable bonds is 1. The highest BCUT2D eigenvalue weighted by Gasteiger charge is 2.03. The molecular weight excluding hydrogens is 162 g/mol. The van der Waals surface area contributed by atoms with Gasteiger partial charge in [0.2, 0.25) is 0 Å². The molecule has 1 rings (SSSR count). The highest BCUT2D eigenvalue weighted by atomic mass is 35.5. The third-order valence-electron chi connectivity index (χ3n) is 1.54. The van der Waals surface area contributed by atoms with Crippen molar-refractivity contribution >= 4 is 17.9 Å². The summed E-state index contributed by atoms with van der Waals surface area (Å²) in [5.41, 5.74) is 2.19. The van der Waals surface area contributed by atoms with E-state index in [9.17, 15) is 4.79 Å². The molecule has 0 aromatic carbocycles. The minimum absolute atomic E-state index is 0.436. The standard InChI is InChI=1S/C8H8ClNO/c1-5-3-8(9)10-6(2)7(5)4-11/h3-4H,1-2H3. The Kier molecular flexibility index (Phi) is 2.25. The first-order valence-electron chi connectivity index (χ1n) is 3.24. The Hall–Kier alpha value is -0.890. The Bertz CT molecular complexity index is 273. The van der Waals surface area contributed by atoms with Gasteiger partial charge in [-0.2, -0.15) is 0 Å². The van der Waals surface area contributed by atoms with Crippen LogP contribution in [-0.2, 0) is 0 Å². The van der Waals surface area contributed by atoms with Gasteiger partial charge in [-0.25, -0.2) is 4.98 Å². The van der Waals surface area contributed by atoms with E-state index < -0.39 is 0 Å². The minimum atomic E-state index is 0.436. The lowest BCUT2D eigenvalue weighted by Crippen LogP contribution is -1.94. The van der Waals surface area contributed by atoms with Crippen LogP contribution in [0.15, 0.2) is 6.07 Å². The van der Waals surface area contributed by atoms with Crippen LogP contribution in [0.3, 0.4) is 0 Å². The summed E-state index contributed by atoms with van der Waals surface area (Å²) in [6.45, 7) is 3.60. The van der Waals surface area contributed by atoms with Gasteiger partial charge in [0.15, 0.2) is 6.29 Å². The predicted molar refractivity (Wildman–Crippen MR) is 44.1 cm³/mol. The molecule has 0 aliphatic heterocycles. The van der Waals surface area contributed by atoms with E-state index in [1.165, 1.54) is 0 Å². The Morgan fingerprint density at radius 3 is 2.64 bits per heavy atom. The molecule has 58 valence electrons. The summed E-state index contributed by atoms with van der Waals surface area (Å²) in [7, 11) is 0. The maximum absolute atomic E-state index is 10.5. The first kappa shape index (κ1) is 8.21. The van der Waals surface area contributed by atoms with Crippen LogP contribution in [0.4, 0.5) is 0 Å². The first-order chi connectivity index (χ1) is 5.15. The zero-order valence-electron chi connectivity index (χ0n) is 6.39. The van der Waals surface area contributed by atoms with E-state index in [2.05, 4.69) is 4.98 Å². The van der Waals surface area contributed by atoms with E-state index in [-0.39, 0.29) is 0 Å². The van der Waals surface area contributed by atoms with Crippen molar-refractivity contribution in [3.05, 3.63) is 28.0 Å². The van der Waals surface area contributed by atoms with Gasteiger partial charge < -0.3 is 0 Å². The third kappa shape index (κ3) is 1.57. The summed E-state index contributed by atoms with van der Waals surface area (Å²) in [6.07, 6.45) is 0.800. The van der Waals surface area contributed by atoms with E-state index in [0.717, 1.165) is 11.8 Å².